The summed E-state index contributed by atoms with van der Waals surface area (Å²) < 4.78 is 28.6. The molecule has 0 saturated carbocycles. The number of hydrazone groups is 1. The van der Waals surface area contributed by atoms with E-state index in [1.54, 1.807) is 13.1 Å². The highest BCUT2D eigenvalue weighted by Gasteiger charge is 2.20. The smallest absolute Gasteiger partial charge is 0.254 e. The van der Waals surface area contributed by atoms with Crippen molar-refractivity contribution < 1.29 is 18.7 Å². The Balaban J connectivity index is 1.90. The highest BCUT2D eigenvalue weighted by atomic mass is 35.5. The number of rotatable bonds is 7. The molecule has 0 spiro atoms. The van der Waals surface area contributed by atoms with Crippen molar-refractivity contribution >= 4 is 35.3 Å². The summed E-state index contributed by atoms with van der Waals surface area (Å²) in [6, 6.07) is 8.18. The van der Waals surface area contributed by atoms with Crippen molar-refractivity contribution in [2.75, 3.05) is 19.4 Å². The molecular weight excluding hydrogens is 466 g/mol. The molecule has 1 heterocycles. The number of nitrogens with zero attached hydrogens (tertiary/aromatic N) is 3. The highest BCUT2D eigenvalue weighted by Crippen LogP contribution is 2.28. The average Bonchev–Trinajstić information content (AvgIpc) is 2.80. The Hall–Kier alpha value is -3.89. The van der Waals surface area contributed by atoms with Gasteiger partial charge in [0.1, 0.15) is 17.5 Å². The van der Waals surface area contributed by atoms with E-state index in [4.69, 9.17) is 23.2 Å². The predicted octanol–water partition coefficient (Wildman–Crippen LogP) is 3.09. The molecule has 0 saturated heterocycles. The van der Waals surface area contributed by atoms with Gasteiger partial charge in [-0.3, -0.25) is 9.79 Å². The van der Waals surface area contributed by atoms with E-state index in [2.05, 4.69) is 20.4 Å². The molecule has 0 unspecified atom stereocenters. The molecule has 0 aliphatic rings. The van der Waals surface area contributed by atoms with Gasteiger partial charge in [-0.2, -0.15) is 5.10 Å². The monoisotopic (exact) mass is 486 g/mol. The minimum atomic E-state index is -0.993. The Kier molecular flexibility index (Phi) is 7.87. The van der Waals surface area contributed by atoms with Crippen LogP contribution in [0.15, 0.2) is 58.8 Å². The van der Waals surface area contributed by atoms with Gasteiger partial charge in [-0.1, -0.05) is 17.7 Å². The van der Waals surface area contributed by atoms with Crippen LogP contribution in [-0.4, -0.2) is 41.6 Å². The molecule has 0 radical (unpaired) electrons. The summed E-state index contributed by atoms with van der Waals surface area (Å²) >= 11 is 5.85. The highest BCUT2D eigenvalue weighted by molar-refractivity contribution is 6.38. The molecule has 0 fully saturated rings. The van der Waals surface area contributed by atoms with Crippen LogP contribution in [0.25, 0.3) is 11.1 Å². The zero-order chi connectivity index (χ0) is 24.8. The fraction of sp³-hybridized carbons (Fsp3) is 0.130. The molecule has 34 heavy (non-hydrogen) atoms. The predicted molar refractivity (Wildman–Crippen MR) is 128 cm³/mol. The number of aromatic nitrogens is 1. The van der Waals surface area contributed by atoms with E-state index < -0.39 is 30.2 Å². The topological polar surface area (TPSA) is 139 Å². The number of amides is 1. The van der Waals surface area contributed by atoms with E-state index in [0.29, 0.717) is 22.4 Å². The molecule has 1 amide bonds. The van der Waals surface area contributed by atoms with Crippen molar-refractivity contribution in [1.29, 1.82) is 0 Å². The Labute approximate surface area is 199 Å². The van der Waals surface area contributed by atoms with Crippen LogP contribution in [0.3, 0.4) is 0 Å². The van der Waals surface area contributed by atoms with Crippen LogP contribution >= 0.6 is 11.6 Å². The third-order valence-corrected chi connectivity index (χ3v) is 5.17. The van der Waals surface area contributed by atoms with E-state index in [9.17, 15) is 18.7 Å². The Morgan fingerprint density at radius 1 is 1.26 bits per heavy atom. The second kappa shape index (κ2) is 10.8. The lowest BCUT2D eigenvalue weighted by Gasteiger charge is -2.18. The number of carbonyl (C=O) groups is 1. The molecular formula is C23H21ClF2N6O2. The summed E-state index contributed by atoms with van der Waals surface area (Å²) in [6.45, 7) is -0.548. The number of nitrogens with one attached hydrogen (secondary N) is 1. The number of carbonyl (C=O) groups excluding carboxylic acids is 1. The van der Waals surface area contributed by atoms with Gasteiger partial charge < -0.3 is 22.0 Å². The average molecular weight is 487 g/mol. The van der Waals surface area contributed by atoms with E-state index >= 15 is 0 Å². The van der Waals surface area contributed by atoms with Crippen LogP contribution in [0.1, 0.15) is 27.5 Å². The zero-order valence-corrected chi connectivity index (χ0v) is 18.7. The third kappa shape index (κ3) is 5.53. The second-order valence-electron chi connectivity index (χ2n) is 7.15. The SMILES string of the molecule is CN=C(C=NN)c1cnc(N)c(-c2ccc(C(=O)N[C@H](CO)c3cc(F)cc(Cl)c3)c(F)c2)c1. The van der Waals surface area contributed by atoms with E-state index in [0.717, 1.165) is 18.2 Å². The van der Waals surface area contributed by atoms with Crippen LogP contribution in [-0.2, 0) is 0 Å². The summed E-state index contributed by atoms with van der Waals surface area (Å²) in [7, 11) is 1.55. The van der Waals surface area contributed by atoms with Crippen molar-refractivity contribution in [3.8, 4) is 11.1 Å². The van der Waals surface area contributed by atoms with Crippen LogP contribution in [0.5, 0.6) is 0 Å². The molecule has 1 atom stereocenters. The number of nitrogens with two attached hydrogens (primary N) is 2. The third-order valence-electron chi connectivity index (χ3n) is 4.95. The maximum absolute atomic E-state index is 14.9. The first-order chi connectivity index (χ1) is 16.3. The number of pyridine rings is 1. The van der Waals surface area contributed by atoms with Gasteiger partial charge in [0.2, 0.25) is 0 Å². The van der Waals surface area contributed by atoms with Crippen molar-refractivity contribution in [2.24, 2.45) is 15.9 Å². The van der Waals surface area contributed by atoms with Gasteiger partial charge in [-0.05, 0) is 47.5 Å². The maximum atomic E-state index is 14.9. The van der Waals surface area contributed by atoms with Gasteiger partial charge in [0.15, 0.2) is 0 Å². The van der Waals surface area contributed by atoms with Crippen molar-refractivity contribution in [2.45, 2.75) is 6.04 Å². The van der Waals surface area contributed by atoms with E-state index in [1.165, 1.54) is 30.6 Å². The van der Waals surface area contributed by atoms with Gasteiger partial charge in [-0.25, -0.2) is 13.8 Å². The fourth-order valence-electron chi connectivity index (χ4n) is 3.29. The Morgan fingerprint density at radius 2 is 2.03 bits per heavy atom. The fourth-order valence-corrected chi connectivity index (χ4v) is 3.52. The maximum Gasteiger partial charge on any atom is 0.254 e. The summed E-state index contributed by atoms with van der Waals surface area (Å²) in [5.74, 6) is 3.07. The van der Waals surface area contributed by atoms with E-state index in [-0.39, 0.29) is 22.0 Å². The zero-order valence-electron chi connectivity index (χ0n) is 18.0. The molecule has 0 aliphatic heterocycles. The minimum absolute atomic E-state index is 0.0978. The quantitative estimate of drug-likeness (QED) is 0.231. The molecule has 8 nitrogen and oxygen atoms in total. The summed E-state index contributed by atoms with van der Waals surface area (Å²) in [6.07, 6.45) is 2.82. The molecule has 6 N–H and O–H groups in total. The Morgan fingerprint density at radius 3 is 2.65 bits per heavy atom. The lowest BCUT2D eigenvalue weighted by Crippen LogP contribution is -2.31. The Bertz CT molecular complexity index is 1260. The normalized spacial score (nSPS) is 12.7. The molecule has 0 aliphatic carbocycles. The van der Waals surface area contributed by atoms with Crippen molar-refractivity contribution in [3.05, 3.63) is 82.0 Å². The minimum Gasteiger partial charge on any atom is -0.394 e. The van der Waals surface area contributed by atoms with Crippen molar-refractivity contribution in [1.82, 2.24) is 10.3 Å². The van der Waals surface area contributed by atoms with Crippen LogP contribution in [0, 0.1) is 11.6 Å². The molecule has 3 rings (SSSR count). The van der Waals surface area contributed by atoms with Gasteiger partial charge in [0.05, 0.1) is 30.1 Å². The van der Waals surface area contributed by atoms with E-state index in [1.807, 2.05) is 0 Å². The number of hydrogen-bond donors (Lipinski definition) is 4. The lowest BCUT2D eigenvalue weighted by atomic mass is 10.0. The number of halogens is 3. The number of hydrogen-bond acceptors (Lipinski definition) is 7. The first-order valence-corrected chi connectivity index (χ1v) is 10.3. The van der Waals surface area contributed by atoms with Gasteiger partial charge >= 0.3 is 0 Å². The molecule has 1 aromatic heterocycles. The van der Waals surface area contributed by atoms with Crippen LogP contribution in [0.4, 0.5) is 14.6 Å². The molecule has 2 aromatic carbocycles. The number of anilines is 1. The van der Waals surface area contributed by atoms with Gasteiger partial charge in [-0.15, -0.1) is 0 Å². The lowest BCUT2D eigenvalue weighted by molar-refractivity contribution is 0.0912. The molecule has 3 aromatic rings. The summed E-state index contributed by atoms with van der Waals surface area (Å²) in [5, 5.41) is 15.7. The van der Waals surface area contributed by atoms with Gasteiger partial charge in [0.25, 0.3) is 5.91 Å². The molecule has 11 heteroatoms. The number of aliphatic hydroxyl groups is 1. The van der Waals surface area contributed by atoms with Crippen LogP contribution < -0.4 is 16.9 Å². The summed E-state index contributed by atoms with van der Waals surface area (Å²) in [4.78, 5) is 20.9. The number of aliphatic hydroxyl groups excluding tert-OH is 1. The van der Waals surface area contributed by atoms with Crippen molar-refractivity contribution in [3.63, 3.8) is 0 Å². The van der Waals surface area contributed by atoms with Crippen LogP contribution in [0.2, 0.25) is 5.02 Å². The molecule has 0 bridgehead atoms. The number of aliphatic imine (C=N–C) groups is 1. The second-order valence-corrected chi connectivity index (χ2v) is 7.59. The van der Waals surface area contributed by atoms with Gasteiger partial charge in [0, 0.05) is 29.4 Å². The number of benzene rings is 2. The largest absolute Gasteiger partial charge is 0.394 e. The first kappa shape index (κ1) is 24.7. The number of nitrogen functional groups attached to an aromatic ring is 1. The first-order valence-electron chi connectivity index (χ1n) is 9.91. The summed E-state index contributed by atoms with van der Waals surface area (Å²) in [5.41, 5.74) is 7.73. The molecule has 176 valence electrons. The standard InChI is InChI=1S/C23H21ClF2N6O2/c1-29-20(10-31-28)14-6-18(22(27)30-9-14)12-2-3-17(19(26)7-12)23(34)32-21(11-33)13-4-15(24)8-16(25)5-13/h2-10,21,33H,11,28H2,1H3,(H2,27,30)(H,32,34)/t21-/m1/s1.